The van der Waals surface area contributed by atoms with Crippen LogP contribution in [0.2, 0.25) is 5.02 Å². The molecule has 4 aromatic rings. The number of halogens is 1. The van der Waals surface area contributed by atoms with Gasteiger partial charge in [0.15, 0.2) is 0 Å². The van der Waals surface area contributed by atoms with E-state index in [4.69, 9.17) is 31.5 Å². The molecule has 40 heavy (non-hydrogen) atoms. The second-order valence-electron chi connectivity index (χ2n) is 8.77. The van der Waals surface area contributed by atoms with E-state index in [-0.39, 0.29) is 28.5 Å². The van der Waals surface area contributed by atoms with Crippen molar-refractivity contribution in [3.63, 3.8) is 0 Å². The standard InChI is InChI=1S/C30H20ClN3O6/c31-26-4-2-1-3-20(26)17-38-22-11-7-18(8-12-22)28-24-14-13-23(15-27(24)40-29(33)25(28)16-32)39-30(35)19-5-9-21(10-6-19)34(36)37/h1-15,28H,17,33H2. The first kappa shape index (κ1) is 26.3. The molecular weight excluding hydrogens is 534 g/mol. The molecule has 0 fully saturated rings. The van der Waals surface area contributed by atoms with Crippen molar-refractivity contribution in [1.29, 1.82) is 5.26 Å². The molecule has 0 aliphatic carbocycles. The molecule has 1 aliphatic heterocycles. The van der Waals surface area contributed by atoms with E-state index in [9.17, 15) is 20.2 Å². The van der Waals surface area contributed by atoms with Crippen LogP contribution in [0.25, 0.3) is 0 Å². The summed E-state index contributed by atoms with van der Waals surface area (Å²) in [6.07, 6.45) is 0. The molecule has 0 aromatic heterocycles. The summed E-state index contributed by atoms with van der Waals surface area (Å²) in [5.74, 6) is -0.147. The molecule has 10 heteroatoms. The number of allylic oxidation sites excluding steroid dienone is 1. The van der Waals surface area contributed by atoms with E-state index < -0.39 is 16.8 Å². The Kier molecular flexibility index (Phi) is 7.35. The SMILES string of the molecule is N#CC1=C(N)Oc2cc(OC(=O)c3ccc([N+](=O)[O-])cc3)ccc2C1c1ccc(OCc2ccccc2Cl)cc1. The van der Waals surface area contributed by atoms with Crippen LogP contribution in [0.4, 0.5) is 5.69 Å². The van der Waals surface area contributed by atoms with E-state index in [2.05, 4.69) is 6.07 Å². The lowest BCUT2D eigenvalue weighted by Gasteiger charge is -2.26. The average Bonchev–Trinajstić information content (AvgIpc) is 2.96. The number of ether oxygens (including phenoxy) is 3. The van der Waals surface area contributed by atoms with Crippen LogP contribution in [0.15, 0.2) is 102 Å². The molecule has 198 valence electrons. The molecule has 0 saturated heterocycles. The molecule has 0 amide bonds. The third-order valence-corrected chi connectivity index (χ3v) is 6.65. The fourth-order valence-corrected chi connectivity index (χ4v) is 4.45. The number of carbonyl (C=O) groups is 1. The summed E-state index contributed by atoms with van der Waals surface area (Å²) in [5.41, 5.74) is 8.65. The molecule has 0 saturated carbocycles. The smallest absolute Gasteiger partial charge is 0.343 e. The van der Waals surface area contributed by atoms with E-state index >= 15 is 0 Å². The number of benzene rings is 4. The second kappa shape index (κ2) is 11.2. The van der Waals surface area contributed by atoms with Gasteiger partial charge in [0.25, 0.3) is 5.69 Å². The number of non-ortho nitro benzene ring substituents is 1. The van der Waals surface area contributed by atoms with Crippen LogP contribution in [-0.2, 0) is 6.61 Å². The summed E-state index contributed by atoms with van der Waals surface area (Å²) >= 11 is 6.21. The molecule has 5 rings (SSSR count). The minimum Gasteiger partial charge on any atom is -0.489 e. The predicted octanol–water partition coefficient (Wildman–Crippen LogP) is 6.26. The normalized spacial score (nSPS) is 13.9. The molecule has 9 nitrogen and oxygen atoms in total. The van der Waals surface area contributed by atoms with Crippen molar-refractivity contribution < 1.29 is 23.9 Å². The summed E-state index contributed by atoms with van der Waals surface area (Å²) in [6, 6.07) is 26.7. The third kappa shape index (κ3) is 5.43. The van der Waals surface area contributed by atoms with Crippen LogP contribution in [-0.4, -0.2) is 10.9 Å². The van der Waals surface area contributed by atoms with Gasteiger partial charge in [0.05, 0.1) is 16.4 Å². The van der Waals surface area contributed by atoms with Gasteiger partial charge in [-0.1, -0.05) is 48.0 Å². The van der Waals surface area contributed by atoms with Crippen LogP contribution < -0.4 is 19.9 Å². The lowest BCUT2D eigenvalue weighted by atomic mass is 9.83. The summed E-state index contributed by atoms with van der Waals surface area (Å²) in [4.78, 5) is 22.9. The van der Waals surface area contributed by atoms with E-state index in [0.29, 0.717) is 28.7 Å². The maximum absolute atomic E-state index is 12.6. The Balaban J connectivity index is 1.36. The van der Waals surface area contributed by atoms with E-state index in [1.54, 1.807) is 30.3 Å². The first-order valence-corrected chi connectivity index (χ1v) is 12.4. The lowest BCUT2D eigenvalue weighted by Crippen LogP contribution is -2.21. The van der Waals surface area contributed by atoms with Gasteiger partial charge in [0.1, 0.15) is 35.5 Å². The van der Waals surface area contributed by atoms with Crippen molar-refractivity contribution in [1.82, 2.24) is 0 Å². The van der Waals surface area contributed by atoms with Gasteiger partial charge < -0.3 is 19.9 Å². The zero-order chi connectivity index (χ0) is 28.2. The average molecular weight is 554 g/mol. The first-order valence-electron chi connectivity index (χ1n) is 12.0. The van der Waals surface area contributed by atoms with Crippen LogP contribution in [0.3, 0.4) is 0 Å². The van der Waals surface area contributed by atoms with Crippen molar-refractivity contribution in [2.24, 2.45) is 5.73 Å². The largest absolute Gasteiger partial charge is 0.489 e. The first-order chi connectivity index (χ1) is 19.3. The fourth-order valence-electron chi connectivity index (χ4n) is 4.26. The molecule has 0 radical (unpaired) electrons. The second-order valence-corrected chi connectivity index (χ2v) is 9.17. The predicted molar refractivity (Wildman–Crippen MR) is 146 cm³/mol. The van der Waals surface area contributed by atoms with Crippen molar-refractivity contribution in [3.05, 3.63) is 140 Å². The molecule has 1 atom stereocenters. The zero-order valence-corrected chi connectivity index (χ0v) is 21.5. The van der Waals surface area contributed by atoms with Gasteiger partial charge in [-0.3, -0.25) is 10.1 Å². The Morgan fingerprint density at radius 2 is 1.73 bits per heavy atom. The van der Waals surface area contributed by atoms with Crippen LogP contribution >= 0.6 is 11.6 Å². The van der Waals surface area contributed by atoms with Gasteiger partial charge in [-0.2, -0.15) is 5.26 Å². The maximum Gasteiger partial charge on any atom is 0.343 e. The number of rotatable bonds is 7. The number of fused-ring (bicyclic) bond motifs is 1. The van der Waals surface area contributed by atoms with Gasteiger partial charge in [0.2, 0.25) is 5.88 Å². The zero-order valence-electron chi connectivity index (χ0n) is 20.7. The van der Waals surface area contributed by atoms with Crippen LogP contribution in [0.5, 0.6) is 17.2 Å². The molecule has 1 aliphatic rings. The number of nitrogens with two attached hydrogens (primary N) is 1. The van der Waals surface area contributed by atoms with Gasteiger partial charge in [0, 0.05) is 34.3 Å². The highest BCUT2D eigenvalue weighted by Crippen LogP contribution is 2.43. The van der Waals surface area contributed by atoms with E-state index in [0.717, 1.165) is 11.1 Å². The summed E-state index contributed by atoms with van der Waals surface area (Å²) in [6.45, 7) is 0.302. The van der Waals surface area contributed by atoms with Crippen molar-refractivity contribution in [2.45, 2.75) is 12.5 Å². The Labute approximate surface area is 233 Å². The lowest BCUT2D eigenvalue weighted by molar-refractivity contribution is -0.384. The summed E-state index contributed by atoms with van der Waals surface area (Å²) in [5, 5.41) is 21.3. The number of hydrogen-bond donors (Lipinski definition) is 1. The number of carbonyl (C=O) groups excluding carboxylic acids is 1. The highest BCUT2D eigenvalue weighted by molar-refractivity contribution is 6.31. The minimum absolute atomic E-state index is 0.0575. The number of nitro benzene ring substituents is 1. The summed E-state index contributed by atoms with van der Waals surface area (Å²) in [7, 11) is 0. The van der Waals surface area contributed by atoms with Gasteiger partial charge >= 0.3 is 5.97 Å². The molecule has 0 bridgehead atoms. The minimum atomic E-state index is -0.698. The Bertz CT molecular complexity index is 1680. The Hall–Kier alpha value is -5.33. The van der Waals surface area contributed by atoms with Crippen molar-refractivity contribution >= 4 is 23.3 Å². The molecule has 2 N–H and O–H groups in total. The van der Waals surface area contributed by atoms with Crippen LogP contribution in [0.1, 0.15) is 33.0 Å². The summed E-state index contributed by atoms with van der Waals surface area (Å²) < 4.78 is 17.0. The van der Waals surface area contributed by atoms with Gasteiger partial charge in [-0.15, -0.1) is 0 Å². The molecule has 1 unspecified atom stereocenters. The number of nitriles is 1. The Morgan fingerprint density at radius 1 is 1.02 bits per heavy atom. The van der Waals surface area contributed by atoms with E-state index in [1.807, 2.05) is 30.3 Å². The molecule has 4 aromatic carbocycles. The van der Waals surface area contributed by atoms with E-state index in [1.165, 1.54) is 30.3 Å². The highest BCUT2D eigenvalue weighted by Gasteiger charge is 2.31. The number of esters is 1. The molecular formula is C30H20ClN3O6. The van der Waals surface area contributed by atoms with Crippen LogP contribution in [0, 0.1) is 21.4 Å². The number of nitro groups is 1. The van der Waals surface area contributed by atoms with Gasteiger partial charge in [-0.25, -0.2) is 4.79 Å². The molecule has 1 heterocycles. The monoisotopic (exact) mass is 553 g/mol. The molecule has 0 spiro atoms. The quantitative estimate of drug-likeness (QED) is 0.122. The fraction of sp³-hybridized carbons (Fsp3) is 0.0667. The number of nitrogens with zero attached hydrogens (tertiary/aromatic N) is 2. The topological polar surface area (TPSA) is 138 Å². The van der Waals surface area contributed by atoms with Crippen molar-refractivity contribution in [2.75, 3.05) is 0 Å². The Morgan fingerprint density at radius 3 is 2.40 bits per heavy atom. The third-order valence-electron chi connectivity index (χ3n) is 6.28. The maximum atomic E-state index is 12.6. The van der Waals surface area contributed by atoms with Gasteiger partial charge in [-0.05, 0) is 42.0 Å². The number of hydrogen-bond acceptors (Lipinski definition) is 8. The van der Waals surface area contributed by atoms with Crippen molar-refractivity contribution in [3.8, 4) is 23.3 Å². The highest BCUT2D eigenvalue weighted by atomic mass is 35.5.